The van der Waals surface area contributed by atoms with E-state index in [-0.39, 0.29) is 11.2 Å². The SMILES string of the molecule is CC(C)n1c(-c2ccc(F)cc2Br)nnc1S(=O)(=O)Cl. The zero-order chi connectivity index (χ0) is 15.1. The van der Waals surface area contributed by atoms with Gasteiger partial charge in [-0.1, -0.05) is 0 Å². The molecule has 0 aliphatic carbocycles. The monoisotopic (exact) mass is 381 g/mol. The van der Waals surface area contributed by atoms with E-state index in [1.54, 1.807) is 13.8 Å². The first-order chi connectivity index (χ1) is 9.21. The van der Waals surface area contributed by atoms with Gasteiger partial charge in [-0.2, -0.15) is 0 Å². The van der Waals surface area contributed by atoms with E-state index in [9.17, 15) is 12.8 Å². The molecule has 0 radical (unpaired) electrons. The molecule has 108 valence electrons. The Kier molecular flexibility index (Phi) is 4.17. The van der Waals surface area contributed by atoms with Gasteiger partial charge in [-0.05, 0) is 48.0 Å². The van der Waals surface area contributed by atoms with Crippen molar-refractivity contribution in [3.8, 4) is 11.4 Å². The van der Waals surface area contributed by atoms with Gasteiger partial charge in [0, 0.05) is 26.8 Å². The molecule has 2 aromatic rings. The molecule has 0 saturated heterocycles. The molecular formula is C11H10BrClFN3O2S. The van der Waals surface area contributed by atoms with E-state index in [2.05, 4.69) is 26.1 Å². The van der Waals surface area contributed by atoms with E-state index in [1.165, 1.54) is 22.8 Å². The highest BCUT2D eigenvalue weighted by Crippen LogP contribution is 2.31. The minimum absolute atomic E-state index is 0.236. The first-order valence-corrected chi connectivity index (χ1v) is 8.67. The lowest BCUT2D eigenvalue weighted by atomic mass is 10.2. The second kappa shape index (κ2) is 5.42. The van der Waals surface area contributed by atoms with Crippen LogP contribution in [-0.2, 0) is 9.05 Å². The largest absolute Gasteiger partial charge is 0.296 e. The van der Waals surface area contributed by atoms with E-state index in [1.807, 2.05) is 0 Å². The van der Waals surface area contributed by atoms with Gasteiger partial charge < -0.3 is 0 Å². The van der Waals surface area contributed by atoms with Crippen molar-refractivity contribution in [2.45, 2.75) is 25.0 Å². The molecule has 0 aliphatic rings. The lowest BCUT2D eigenvalue weighted by molar-refractivity contribution is 0.530. The summed E-state index contributed by atoms with van der Waals surface area (Å²) in [5, 5.41) is 7.16. The van der Waals surface area contributed by atoms with Crippen LogP contribution in [0.15, 0.2) is 27.8 Å². The van der Waals surface area contributed by atoms with E-state index in [0.29, 0.717) is 15.9 Å². The van der Waals surface area contributed by atoms with Crippen molar-refractivity contribution in [3.63, 3.8) is 0 Å². The van der Waals surface area contributed by atoms with Crippen molar-refractivity contribution in [2.75, 3.05) is 0 Å². The Hall–Kier alpha value is -0.990. The highest BCUT2D eigenvalue weighted by molar-refractivity contribution is 9.10. The average molecular weight is 383 g/mol. The van der Waals surface area contributed by atoms with Crippen LogP contribution in [0.25, 0.3) is 11.4 Å². The summed E-state index contributed by atoms with van der Waals surface area (Å²) in [5.74, 6) is -0.118. The van der Waals surface area contributed by atoms with E-state index in [0.717, 1.165) is 0 Å². The lowest BCUT2D eigenvalue weighted by Crippen LogP contribution is -2.10. The minimum Gasteiger partial charge on any atom is -0.294 e. The molecule has 2 rings (SSSR count). The number of benzene rings is 1. The van der Waals surface area contributed by atoms with Crippen LogP contribution in [0.1, 0.15) is 19.9 Å². The van der Waals surface area contributed by atoms with Crippen LogP contribution in [0.5, 0.6) is 0 Å². The van der Waals surface area contributed by atoms with Crippen molar-refractivity contribution in [1.82, 2.24) is 14.8 Å². The van der Waals surface area contributed by atoms with E-state index in [4.69, 9.17) is 10.7 Å². The fourth-order valence-electron chi connectivity index (χ4n) is 1.76. The van der Waals surface area contributed by atoms with Crippen LogP contribution in [-0.4, -0.2) is 23.2 Å². The Morgan fingerprint density at radius 1 is 1.35 bits per heavy atom. The fraction of sp³-hybridized carbons (Fsp3) is 0.273. The maximum Gasteiger partial charge on any atom is 0.296 e. The highest BCUT2D eigenvalue weighted by Gasteiger charge is 2.25. The summed E-state index contributed by atoms with van der Waals surface area (Å²) in [6.45, 7) is 3.55. The molecule has 0 aliphatic heterocycles. The molecule has 0 spiro atoms. The average Bonchev–Trinajstić information content (AvgIpc) is 2.72. The van der Waals surface area contributed by atoms with Crippen LogP contribution < -0.4 is 0 Å². The van der Waals surface area contributed by atoms with Crippen LogP contribution >= 0.6 is 26.6 Å². The lowest BCUT2D eigenvalue weighted by Gasteiger charge is -2.13. The molecule has 0 fully saturated rings. The standard InChI is InChI=1S/C11H10BrClFN3O2S/c1-6(2)17-10(15-16-11(17)20(13,18)19)8-4-3-7(14)5-9(8)12/h3-6H,1-2H3. The number of halogens is 3. The summed E-state index contributed by atoms with van der Waals surface area (Å²) in [6.07, 6.45) is 0. The van der Waals surface area contributed by atoms with Crippen molar-refractivity contribution in [2.24, 2.45) is 0 Å². The zero-order valence-corrected chi connectivity index (χ0v) is 13.7. The van der Waals surface area contributed by atoms with Gasteiger partial charge in [0.05, 0.1) is 0 Å². The normalized spacial score (nSPS) is 12.1. The van der Waals surface area contributed by atoms with Gasteiger partial charge >= 0.3 is 0 Å². The first kappa shape index (κ1) is 15.4. The van der Waals surface area contributed by atoms with E-state index >= 15 is 0 Å². The Balaban J connectivity index is 2.73. The van der Waals surface area contributed by atoms with Gasteiger partial charge in [-0.25, -0.2) is 12.8 Å². The second-order valence-corrected chi connectivity index (χ2v) is 7.65. The number of hydrogen-bond donors (Lipinski definition) is 0. The Morgan fingerprint density at radius 2 is 2.00 bits per heavy atom. The maximum atomic E-state index is 13.1. The maximum absolute atomic E-state index is 13.1. The molecule has 0 amide bonds. The molecule has 0 unspecified atom stereocenters. The summed E-state index contributed by atoms with van der Waals surface area (Å²) >= 11 is 3.22. The van der Waals surface area contributed by atoms with Crippen molar-refractivity contribution in [3.05, 3.63) is 28.5 Å². The van der Waals surface area contributed by atoms with Gasteiger partial charge in [0.25, 0.3) is 14.2 Å². The van der Waals surface area contributed by atoms with Gasteiger partial charge in [-0.15, -0.1) is 10.2 Å². The number of rotatable bonds is 3. The molecule has 0 atom stereocenters. The van der Waals surface area contributed by atoms with Crippen LogP contribution in [0.2, 0.25) is 0 Å². The third-order valence-corrected chi connectivity index (χ3v) is 4.36. The molecule has 1 heterocycles. The van der Waals surface area contributed by atoms with Crippen molar-refractivity contribution >= 4 is 35.7 Å². The van der Waals surface area contributed by atoms with E-state index < -0.39 is 14.9 Å². The van der Waals surface area contributed by atoms with Gasteiger partial charge in [0.1, 0.15) is 5.82 Å². The zero-order valence-electron chi connectivity index (χ0n) is 10.5. The number of hydrogen-bond acceptors (Lipinski definition) is 4. The smallest absolute Gasteiger partial charge is 0.294 e. The minimum atomic E-state index is -4.01. The Morgan fingerprint density at radius 3 is 2.50 bits per heavy atom. The first-order valence-electron chi connectivity index (χ1n) is 5.57. The van der Waals surface area contributed by atoms with Crippen LogP contribution in [0, 0.1) is 5.82 Å². The molecule has 1 aromatic carbocycles. The summed E-state index contributed by atoms with van der Waals surface area (Å²) in [5.41, 5.74) is 0.527. The molecule has 20 heavy (non-hydrogen) atoms. The van der Waals surface area contributed by atoms with Gasteiger partial charge in [0.2, 0.25) is 0 Å². The van der Waals surface area contributed by atoms with Crippen molar-refractivity contribution in [1.29, 1.82) is 0 Å². The molecule has 0 saturated carbocycles. The molecule has 1 aromatic heterocycles. The van der Waals surface area contributed by atoms with Crippen LogP contribution in [0.3, 0.4) is 0 Å². The third kappa shape index (κ3) is 2.87. The molecule has 0 bridgehead atoms. The topological polar surface area (TPSA) is 64.8 Å². The number of aromatic nitrogens is 3. The quantitative estimate of drug-likeness (QED) is 0.764. The summed E-state index contributed by atoms with van der Waals surface area (Å²) in [6, 6.07) is 3.78. The predicted octanol–water partition coefficient (Wildman–Crippen LogP) is 3.36. The Bertz CT molecular complexity index is 761. The molecular weight excluding hydrogens is 373 g/mol. The van der Waals surface area contributed by atoms with Crippen LogP contribution in [0.4, 0.5) is 4.39 Å². The highest BCUT2D eigenvalue weighted by atomic mass is 79.9. The number of nitrogens with zero attached hydrogens (tertiary/aromatic N) is 3. The predicted molar refractivity (Wildman–Crippen MR) is 76.5 cm³/mol. The van der Waals surface area contributed by atoms with Crippen molar-refractivity contribution < 1.29 is 12.8 Å². The van der Waals surface area contributed by atoms with Gasteiger partial charge in [0.15, 0.2) is 5.82 Å². The summed E-state index contributed by atoms with van der Waals surface area (Å²) < 4.78 is 38.0. The fourth-order valence-corrected chi connectivity index (χ4v) is 3.28. The molecule has 9 heteroatoms. The third-order valence-electron chi connectivity index (χ3n) is 2.57. The Labute approximate surface area is 128 Å². The summed E-state index contributed by atoms with van der Waals surface area (Å²) in [7, 11) is 1.34. The molecule has 5 nitrogen and oxygen atoms in total. The summed E-state index contributed by atoms with van der Waals surface area (Å²) in [4.78, 5) is 0. The van der Waals surface area contributed by atoms with Gasteiger partial charge in [-0.3, -0.25) is 4.57 Å². The second-order valence-electron chi connectivity index (χ2n) is 4.33. The molecule has 0 N–H and O–H groups in total.